The minimum atomic E-state index is -0.0235. The zero-order valence-corrected chi connectivity index (χ0v) is 13.6. The molecule has 0 aliphatic heterocycles. The van der Waals surface area contributed by atoms with Crippen molar-refractivity contribution in [1.82, 2.24) is 5.32 Å². The number of aliphatic hydroxyl groups excluding tert-OH is 1. The van der Waals surface area contributed by atoms with E-state index in [4.69, 9.17) is 4.74 Å². The van der Waals surface area contributed by atoms with Gasteiger partial charge in [-0.2, -0.15) is 0 Å². The lowest BCUT2D eigenvalue weighted by molar-refractivity contribution is 0.294. The van der Waals surface area contributed by atoms with E-state index in [-0.39, 0.29) is 12.1 Å². The zero-order valence-electron chi connectivity index (χ0n) is 13.6. The van der Waals surface area contributed by atoms with E-state index in [1.54, 1.807) is 7.11 Å². The van der Waals surface area contributed by atoms with Crippen LogP contribution in [-0.2, 0) is 11.2 Å². The molecule has 1 aromatic rings. The number of benzene rings is 1. The molecule has 1 aromatic carbocycles. The van der Waals surface area contributed by atoms with Gasteiger partial charge in [-0.25, -0.2) is 0 Å². The number of nitrogens with one attached hydrogen (secondary N) is 1. The summed E-state index contributed by atoms with van der Waals surface area (Å²) in [5.41, 5.74) is 5.68. The van der Waals surface area contributed by atoms with Crippen LogP contribution in [0.3, 0.4) is 0 Å². The number of hydrogen-bond acceptors (Lipinski definition) is 3. The molecule has 0 aromatic heterocycles. The second-order valence-corrected chi connectivity index (χ2v) is 6.42. The van der Waals surface area contributed by atoms with Crippen molar-refractivity contribution in [2.45, 2.75) is 39.7 Å². The standard InChI is InChI=1S/C18H25NO2/c1-12(21-5)16-15(19-18(2,3)4)11-14-8-6-7-13(9-10-20)17(14)16/h6-8,11,19-20H,9-10H2,1-5H3. The first-order valence-corrected chi connectivity index (χ1v) is 7.35. The minimum Gasteiger partial charge on any atom is -0.501 e. The number of fused-ring (bicyclic) bond motifs is 1. The molecule has 0 atom stereocenters. The molecule has 3 nitrogen and oxygen atoms in total. The molecule has 0 fully saturated rings. The lowest BCUT2D eigenvalue weighted by Crippen LogP contribution is -2.35. The first-order valence-electron chi connectivity index (χ1n) is 7.35. The molecule has 0 spiro atoms. The molecular formula is C18H25NO2. The number of allylic oxidation sites excluding steroid dienone is 2. The average Bonchev–Trinajstić information content (AvgIpc) is 2.75. The van der Waals surface area contributed by atoms with Crippen LogP contribution in [0.2, 0.25) is 0 Å². The molecule has 114 valence electrons. The van der Waals surface area contributed by atoms with Gasteiger partial charge in [0, 0.05) is 23.4 Å². The van der Waals surface area contributed by atoms with Crippen molar-refractivity contribution in [1.29, 1.82) is 0 Å². The quantitative estimate of drug-likeness (QED) is 0.835. The highest BCUT2D eigenvalue weighted by Gasteiger charge is 2.26. The largest absolute Gasteiger partial charge is 0.501 e. The van der Waals surface area contributed by atoms with E-state index in [9.17, 15) is 5.11 Å². The van der Waals surface area contributed by atoms with Crippen molar-refractivity contribution in [2.24, 2.45) is 0 Å². The third kappa shape index (κ3) is 3.30. The first-order chi connectivity index (χ1) is 9.87. The van der Waals surface area contributed by atoms with E-state index in [2.05, 4.69) is 44.3 Å². The van der Waals surface area contributed by atoms with Crippen molar-refractivity contribution in [3.05, 3.63) is 46.3 Å². The van der Waals surface area contributed by atoms with Crippen molar-refractivity contribution in [3.8, 4) is 0 Å². The number of methoxy groups -OCH3 is 1. The second-order valence-electron chi connectivity index (χ2n) is 6.42. The summed E-state index contributed by atoms with van der Waals surface area (Å²) in [6.45, 7) is 8.57. The first kappa shape index (κ1) is 15.6. The summed E-state index contributed by atoms with van der Waals surface area (Å²) in [4.78, 5) is 0. The third-order valence-corrected chi connectivity index (χ3v) is 3.55. The van der Waals surface area contributed by atoms with Crippen LogP contribution in [-0.4, -0.2) is 24.4 Å². The highest BCUT2D eigenvalue weighted by atomic mass is 16.5. The zero-order chi connectivity index (χ0) is 15.6. The van der Waals surface area contributed by atoms with Crippen LogP contribution in [0.25, 0.3) is 11.6 Å². The SMILES string of the molecule is COC(C)=C1C(NC(C)(C)C)=Cc2cccc(CCO)c21. The predicted octanol–water partition coefficient (Wildman–Crippen LogP) is 3.34. The Hall–Kier alpha value is -1.74. The molecule has 1 aliphatic rings. The summed E-state index contributed by atoms with van der Waals surface area (Å²) in [7, 11) is 1.70. The molecule has 0 saturated heterocycles. The van der Waals surface area contributed by atoms with Gasteiger partial charge in [0.05, 0.1) is 7.11 Å². The molecule has 2 N–H and O–H groups in total. The Kier molecular flexibility index (Phi) is 4.43. The maximum atomic E-state index is 9.31. The van der Waals surface area contributed by atoms with Crippen molar-refractivity contribution >= 4 is 11.6 Å². The fraction of sp³-hybridized carbons (Fsp3) is 0.444. The van der Waals surface area contributed by atoms with Crippen molar-refractivity contribution < 1.29 is 9.84 Å². The van der Waals surface area contributed by atoms with E-state index in [0.29, 0.717) is 6.42 Å². The number of rotatable bonds is 4. The summed E-state index contributed by atoms with van der Waals surface area (Å²) in [6, 6.07) is 6.22. The Morgan fingerprint density at radius 1 is 1.29 bits per heavy atom. The summed E-state index contributed by atoms with van der Waals surface area (Å²) in [6.07, 6.45) is 2.82. The molecule has 2 rings (SSSR count). The van der Waals surface area contributed by atoms with Gasteiger partial charge in [-0.3, -0.25) is 0 Å². The normalized spacial score (nSPS) is 16.4. The molecule has 3 heteroatoms. The Balaban J connectivity index is 2.56. The van der Waals surface area contributed by atoms with Crippen LogP contribution >= 0.6 is 0 Å². The Labute approximate surface area is 127 Å². The molecule has 0 bridgehead atoms. The third-order valence-electron chi connectivity index (χ3n) is 3.55. The van der Waals surface area contributed by atoms with Gasteiger partial charge in [-0.1, -0.05) is 18.2 Å². The van der Waals surface area contributed by atoms with Gasteiger partial charge in [0.15, 0.2) is 0 Å². The van der Waals surface area contributed by atoms with Crippen molar-refractivity contribution in [2.75, 3.05) is 13.7 Å². The van der Waals surface area contributed by atoms with Gasteiger partial charge in [0.2, 0.25) is 0 Å². The summed E-state index contributed by atoms with van der Waals surface area (Å²) >= 11 is 0. The van der Waals surface area contributed by atoms with Gasteiger partial charge >= 0.3 is 0 Å². The smallest absolute Gasteiger partial charge is 0.102 e. The van der Waals surface area contributed by atoms with Gasteiger partial charge in [-0.05, 0) is 56.9 Å². The Bertz CT molecular complexity index is 592. The molecule has 0 unspecified atom stereocenters. The topological polar surface area (TPSA) is 41.5 Å². The summed E-state index contributed by atoms with van der Waals surface area (Å²) < 4.78 is 5.51. The highest BCUT2D eigenvalue weighted by molar-refractivity contribution is 5.96. The van der Waals surface area contributed by atoms with Crippen LogP contribution in [0.15, 0.2) is 29.7 Å². The van der Waals surface area contributed by atoms with Gasteiger partial charge in [0.25, 0.3) is 0 Å². The molecule has 0 saturated carbocycles. The maximum absolute atomic E-state index is 9.31. The van der Waals surface area contributed by atoms with E-state index in [0.717, 1.165) is 22.6 Å². The van der Waals surface area contributed by atoms with Crippen molar-refractivity contribution in [3.63, 3.8) is 0 Å². The van der Waals surface area contributed by atoms with Crippen LogP contribution < -0.4 is 5.32 Å². The van der Waals surface area contributed by atoms with Gasteiger partial charge in [-0.15, -0.1) is 0 Å². The molecule has 0 amide bonds. The predicted molar refractivity (Wildman–Crippen MR) is 87.7 cm³/mol. The lowest BCUT2D eigenvalue weighted by Gasteiger charge is -2.25. The molecular weight excluding hydrogens is 262 g/mol. The summed E-state index contributed by atoms with van der Waals surface area (Å²) in [5, 5.41) is 12.9. The number of ether oxygens (including phenoxy) is 1. The molecule has 0 heterocycles. The van der Waals surface area contributed by atoms with E-state index in [1.165, 1.54) is 11.1 Å². The lowest BCUT2D eigenvalue weighted by atomic mass is 9.95. The number of hydrogen-bond donors (Lipinski definition) is 2. The van der Waals surface area contributed by atoms with Crippen LogP contribution in [0, 0.1) is 0 Å². The monoisotopic (exact) mass is 287 g/mol. The van der Waals surface area contributed by atoms with Gasteiger partial charge in [0.1, 0.15) is 5.76 Å². The highest BCUT2D eigenvalue weighted by Crippen LogP contribution is 2.39. The minimum absolute atomic E-state index is 0.0235. The van der Waals surface area contributed by atoms with Gasteiger partial charge < -0.3 is 15.2 Å². The fourth-order valence-corrected chi connectivity index (χ4v) is 2.71. The van der Waals surface area contributed by atoms with Crippen LogP contribution in [0.4, 0.5) is 0 Å². The summed E-state index contributed by atoms with van der Waals surface area (Å²) in [5.74, 6) is 0.891. The Morgan fingerprint density at radius 2 is 2.00 bits per heavy atom. The van der Waals surface area contributed by atoms with E-state index < -0.39 is 0 Å². The molecule has 1 aliphatic carbocycles. The fourth-order valence-electron chi connectivity index (χ4n) is 2.71. The second kappa shape index (κ2) is 5.94. The maximum Gasteiger partial charge on any atom is 0.102 e. The van der Waals surface area contributed by atoms with Crippen LogP contribution in [0.1, 0.15) is 44.4 Å². The molecule has 21 heavy (non-hydrogen) atoms. The molecule has 0 radical (unpaired) electrons. The number of aliphatic hydroxyl groups is 1. The average molecular weight is 287 g/mol. The van der Waals surface area contributed by atoms with Crippen LogP contribution in [0.5, 0.6) is 0 Å². The Morgan fingerprint density at radius 3 is 2.57 bits per heavy atom. The van der Waals surface area contributed by atoms with E-state index in [1.807, 2.05) is 13.0 Å². The van der Waals surface area contributed by atoms with E-state index >= 15 is 0 Å².